The van der Waals surface area contributed by atoms with Gasteiger partial charge in [-0.2, -0.15) is 0 Å². The number of piperidine rings is 1. The van der Waals surface area contributed by atoms with Crippen LogP contribution in [-0.2, 0) is 14.3 Å². The third-order valence-electron chi connectivity index (χ3n) is 5.41. The van der Waals surface area contributed by atoms with Crippen molar-refractivity contribution in [3.05, 3.63) is 18.2 Å². The van der Waals surface area contributed by atoms with Crippen molar-refractivity contribution in [2.24, 2.45) is 11.8 Å². The number of nitrogens with one attached hydrogen (secondary N) is 1. The van der Waals surface area contributed by atoms with E-state index in [1.54, 1.807) is 32.4 Å². The van der Waals surface area contributed by atoms with E-state index in [1.165, 1.54) is 0 Å². The summed E-state index contributed by atoms with van der Waals surface area (Å²) in [4.78, 5) is 27.2. The molecule has 2 amide bonds. The van der Waals surface area contributed by atoms with Gasteiger partial charge < -0.3 is 24.4 Å². The van der Waals surface area contributed by atoms with Crippen molar-refractivity contribution < 1.29 is 23.8 Å². The summed E-state index contributed by atoms with van der Waals surface area (Å²) >= 11 is 0. The molecule has 3 rings (SSSR count). The van der Waals surface area contributed by atoms with Crippen molar-refractivity contribution in [2.45, 2.75) is 25.7 Å². The van der Waals surface area contributed by atoms with Crippen LogP contribution in [0.3, 0.4) is 0 Å². The number of hydrogen-bond acceptors (Lipinski definition) is 5. The van der Waals surface area contributed by atoms with Crippen LogP contribution in [0.5, 0.6) is 11.5 Å². The minimum atomic E-state index is -0.111. The maximum absolute atomic E-state index is 12.7. The van der Waals surface area contributed by atoms with Gasteiger partial charge in [0.1, 0.15) is 11.5 Å². The Labute approximate surface area is 160 Å². The van der Waals surface area contributed by atoms with E-state index in [2.05, 4.69) is 5.32 Å². The Morgan fingerprint density at radius 1 is 1.04 bits per heavy atom. The van der Waals surface area contributed by atoms with Gasteiger partial charge in [-0.3, -0.25) is 9.59 Å². The molecule has 7 heteroatoms. The zero-order valence-corrected chi connectivity index (χ0v) is 16.0. The third kappa shape index (κ3) is 4.71. The van der Waals surface area contributed by atoms with Gasteiger partial charge in [0, 0.05) is 44.2 Å². The summed E-state index contributed by atoms with van der Waals surface area (Å²) < 4.78 is 15.9. The number of methoxy groups -OCH3 is 2. The molecular formula is C20H28N2O5. The Kier molecular flexibility index (Phi) is 6.55. The first-order valence-corrected chi connectivity index (χ1v) is 9.51. The molecule has 27 heavy (non-hydrogen) atoms. The predicted molar refractivity (Wildman–Crippen MR) is 101 cm³/mol. The van der Waals surface area contributed by atoms with E-state index < -0.39 is 0 Å². The quantitative estimate of drug-likeness (QED) is 0.853. The van der Waals surface area contributed by atoms with Gasteiger partial charge in [0.2, 0.25) is 11.8 Å². The zero-order valence-electron chi connectivity index (χ0n) is 16.0. The lowest BCUT2D eigenvalue weighted by Crippen LogP contribution is -2.45. The van der Waals surface area contributed by atoms with Gasteiger partial charge in [0.25, 0.3) is 0 Å². The summed E-state index contributed by atoms with van der Waals surface area (Å²) in [5, 5.41) is 2.95. The smallest absolute Gasteiger partial charge is 0.227 e. The van der Waals surface area contributed by atoms with Crippen LogP contribution in [0.15, 0.2) is 18.2 Å². The molecule has 0 unspecified atom stereocenters. The van der Waals surface area contributed by atoms with E-state index >= 15 is 0 Å². The fourth-order valence-electron chi connectivity index (χ4n) is 3.71. The highest BCUT2D eigenvalue weighted by molar-refractivity contribution is 5.94. The second-order valence-corrected chi connectivity index (χ2v) is 7.04. The molecule has 0 atom stereocenters. The van der Waals surface area contributed by atoms with Crippen molar-refractivity contribution in [2.75, 3.05) is 45.8 Å². The Bertz CT molecular complexity index is 664. The number of likely N-dealkylation sites (tertiary alicyclic amines) is 1. The summed E-state index contributed by atoms with van der Waals surface area (Å²) in [6, 6.07) is 5.30. The summed E-state index contributed by atoms with van der Waals surface area (Å²) in [5.74, 6) is 1.38. The molecule has 1 aromatic carbocycles. The Morgan fingerprint density at radius 3 is 2.37 bits per heavy atom. The number of rotatable bonds is 5. The molecule has 1 N–H and O–H groups in total. The fraction of sp³-hybridized carbons (Fsp3) is 0.600. The molecule has 148 valence electrons. The summed E-state index contributed by atoms with van der Waals surface area (Å²) in [6.45, 7) is 2.59. The molecular weight excluding hydrogens is 348 g/mol. The van der Waals surface area contributed by atoms with E-state index in [0.717, 1.165) is 12.8 Å². The van der Waals surface area contributed by atoms with Crippen molar-refractivity contribution >= 4 is 17.5 Å². The molecule has 2 saturated heterocycles. The lowest BCUT2D eigenvalue weighted by molar-refractivity contribution is -0.141. The molecule has 7 nitrogen and oxygen atoms in total. The maximum Gasteiger partial charge on any atom is 0.227 e. The molecule has 2 heterocycles. The van der Waals surface area contributed by atoms with Gasteiger partial charge in [0.05, 0.1) is 19.9 Å². The molecule has 0 spiro atoms. The maximum atomic E-state index is 12.7. The second-order valence-electron chi connectivity index (χ2n) is 7.04. The van der Waals surface area contributed by atoms with Crippen LogP contribution in [0.1, 0.15) is 25.7 Å². The first-order valence-electron chi connectivity index (χ1n) is 9.51. The van der Waals surface area contributed by atoms with Crippen LogP contribution in [0, 0.1) is 11.8 Å². The van der Waals surface area contributed by atoms with Gasteiger partial charge in [-0.1, -0.05) is 0 Å². The molecule has 0 radical (unpaired) electrons. The molecule has 1 aromatic rings. The zero-order chi connectivity index (χ0) is 19.2. The minimum Gasteiger partial charge on any atom is -0.497 e. The normalized spacial score (nSPS) is 18.8. The lowest BCUT2D eigenvalue weighted by Gasteiger charge is -2.34. The third-order valence-corrected chi connectivity index (χ3v) is 5.41. The fourth-order valence-corrected chi connectivity index (χ4v) is 3.71. The first kappa shape index (κ1) is 19.5. The highest BCUT2D eigenvalue weighted by Crippen LogP contribution is 2.30. The number of carbonyl (C=O) groups is 2. The standard InChI is InChI=1S/C20H28N2O5/c1-25-16-3-4-18(26-2)17(13-16)21-19(23)14-5-9-22(10-6-14)20(24)15-7-11-27-12-8-15/h3-4,13-15H,5-12H2,1-2H3,(H,21,23). The van der Waals surface area contributed by atoms with Gasteiger partial charge in [-0.15, -0.1) is 0 Å². The monoisotopic (exact) mass is 376 g/mol. The number of ether oxygens (including phenoxy) is 3. The highest BCUT2D eigenvalue weighted by Gasteiger charge is 2.31. The van der Waals surface area contributed by atoms with Gasteiger partial charge in [-0.05, 0) is 37.8 Å². The van der Waals surface area contributed by atoms with Crippen molar-refractivity contribution in [3.8, 4) is 11.5 Å². The molecule has 0 saturated carbocycles. The van der Waals surface area contributed by atoms with Crippen LogP contribution < -0.4 is 14.8 Å². The second kappa shape index (κ2) is 9.08. The summed E-state index contributed by atoms with van der Waals surface area (Å²) in [7, 11) is 3.15. The molecule has 0 bridgehead atoms. The minimum absolute atomic E-state index is 0.0419. The number of benzene rings is 1. The van der Waals surface area contributed by atoms with E-state index in [0.29, 0.717) is 56.3 Å². The lowest BCUT2D eigenvalue weighted by atomic mass is 9.93. The Hall–Kier alpha value is -2.28. The van der Waals surface area contributed by atoms with E-state index in [-0.39, 0.29) is 23.7 Å². The van der Waals surface area contributed by atoms with Crippen LogP contribution in [0.25, 0.3) is 0 Å². The van der Waals surface area contributed by atoms with Crippen LogP contribution in [0.2, 0.25) is 0 Å². The average molecular weight is 376 g/mol. The Balaban J connectivity index is 1.55. The number of nitrogens with zero attached hydrogens (tertiary/aromatic N) is 1. The summed E-state index contributed by atoms with van der Waals surface area (Å²) in [5.41, 5.74) is 0.600. The number of hydrogen-bond donors (Lipinski definition) is 1. The number of anilines is 1. The van der Waals surface area contributed by atoms with Crippen LogP contribution in [-0.4, -0.2) is 57.2 Å². The topological polar surface area (TPSA) is 77.1 Å². The van der Waals surface area contributed by atoms with E-state index in [9.17, 15) is 9.59 Å². The Morgan fingerprint density at radius 2 is 1.74 bits per heavy atom. The van der Waals surface area contributed by atoms with E-state index in [4.69, 9.17) is 14.2 Å². The van der Waals surface area contributed by atoms with Gasteiger partial charge in [-0.25, -0.2) is 0 Å². The van der Waals surface area contributed by atoms with Gasteiger partial charge >= 0.3 is 0 Å². The van der Waals surface area contributed by atoms with Crippen LogP contribution in [0.4, 0.5) is 5.69 Å². The molecule has 2 aliphatic rings. The number of carbonyl (C=O) groups excluding carboxylic acids is 2. The molecule has 0 aromatic heterocycles. The average Bonchev–Trinajstić information content (AvgIpc) is 2.73. The van der Waals surface area contributed by atoms with Crippen molar-refractivity contribution in [1.82, 2.24) is 4.90 Å². The van der Waals surface area contributed by atoms with Crippen LogP contribution >= 0.6 is 0 Å². The summed E-state index contributed by atoms with van der Waals surface area (Å²) in [6.07, 6.45) is 2.95. The molecule has 0 aliphatic carbocycles. The largest absolute Gasteiger partial charge is 0.497 e. The molecule has 2 aliphatic heterocycles. The number of amides is 2. The van der Waals surface area contributed by atoms with Crippen molar-refractivity contribution in [3.63, 3.8) is 0 Å². The highest BCUT2D eigenvalue weighted by atomic mass is 16.5. The van der Waals surface area contributed by atoms with Gasteiger partial charge in [0.15, 0.2) is 0 Å². The molecule has 2 fully saturated rings. The SMILES string of the molecule is COc1ccc(OC)c(NC(=O)C2CCN(C(=O)C3CCOCC3)CC2)c1. The van der Waals surface area contributed by atoms with Crippen molar-refractivity contribution in [1.29, 1.82) is 0 Å². The first-order chi connectivity index (χ1) is 13.1. The van der Waals surface area contributed by atoms with E-state index in [1.807, 2.05) is 4.90 Å². The predicted octanol–water partition coefficient (Wildman–Crippen LogP) is 2.31.